The maximum Gasteiger partial charge on any atom is 0.237 e. The lowest BCUT2D eigenvalue weighted by atomic mass is 10.2. The number of hydrogen-bond donors (Lipinski definition) is 2. The molecule has 0 fully saturated rings. The molecule has 4 heteroatoms. The van der Waals surface area contributed by atoms with Crippen molar-refractivity contribution in [3.05, 3.63) is 24.2 Å². The van der Waals surface area contributed by atoms with Crippen molar-refractivity contribution in [2.75, 3.05) is 0 Å². The first kappa shape index (κ1) is 11.8. The van der Waals surface area contributed by atoms with Crippen LogP contribution < -0.4 is 10.6 Å². The van der Waals surface area contributed by atoms with Crippen molar-refractivity contribution < 1.29 is 9.21 Å². The van der Waals surface area contributed by atoms with Gasteiger partial charge in [0.2, 0.25) is 5.91 Å². The lowest BCUT2D eigenvalue weighted by Gasteiger charge is -2.15. The van der Waals surface area contributed by atoms with Crippen LogP contribution in [0, 0.1) is 0 Å². The van der Waals surface area contributed by atoms with Crippen molar-refractivity contribution in [3.8, 4) is 0 Å². The Morgan fingerprint density at radius 1 is 1.47 bits per heavy atom. The largest absolute Gasteiger partial charge is 0.472 e. The zero-order chi connectivity index (χ0) is 11.3. The second-order valence-corrected chi connectivity index (χ2v) is 3.90. The molecule has 84 valence electrons. The van der Waals surface area contributed by atoms with E-state index < -0.39 is 0 Å². The van der Waals surface area contributed by atoms with E-state index in [0.29, 0.717) is 6.54 Å². The van der Waals surface area contributed by atoms with E-state index in [9.17, 15) is 4.79 Å². The molecule has 1 heterocycles. The molecule has 0 bridgehead atoms. The van der Waals surface area contributed by atoms with E-state index in [1.807, 2.05) is 26.8 Å². The molecule has 0 aliphatic heterocycles. The molecule has 1 aromatic heterocycles. The van der Waals surface area contributed by atoms with Crippen LogP contribution in [-0.4, -0.2) is 18.0 Å². The number of nitrogens with one attached hydrogen (secondary N) is 2. The molecule has 0 aliphatic carbocycles. The van der Waals surface area contributed by atoms with Gasteiger partial charge in [-0.15, -0.1) is 0 Å². The molecule has 0 aromatic carbocycles. The third-order valence-electron chi connectivity index (χ3n) is 2.02. The van der Waals surface area contributed by atoms with Gasteiger partial charge < -0.3 is 15.1 Å². The molecule has 1 unspecified atom stereocenters. The average Bonchev–Trinajstić information content (AvgIpc) is 2.65. The maximum atomic E-state index is 11.5. The van der Waals surface area contributed by atoms with Gasteiger partial charge in [-0.3, -0.25) is 4.79 Å². The molecule has 0 radical (unpaired) electrons. The Morgan fingerprint density at radius 3 is 2.73 bits per heavy atom. The number of carbonyl (C=O) groups excluding carboxylic acids is 1. The molecule has 0 spiro atoms. The first-order valence-corrected chi connectivity index (χ1v) is 5.14. The zero-order valence-corrected chi connectivity index (χ0v) is 9.41. The van der Waals surface area contributed by atoms with Crippen molar-refractivity contribution in [2.24, 2.45) is 0 Å². The topological polar surface area (TPSA) is 54.3 Å². The highest BCUT2D eigenvalue weighted by molar-refractivity contribution is 5.81. The molecule has 2 N–H and O–H groups in total. The van der Waals surface area contributed by atoms with Gasteiger partial charge in [0.25, 0.3) is 0 Å². The lowest BCUT2D eigenvalue weighted by Crippen LogP contribution is -2.44. The zero-order valence-electron chi connectivity index (χ0n) is 9.41. The summed E-state index contributed by atoms with van der Waals surface area (Å²) in [4.78, 5) is 11.5. The van der Waals surface area contributed by atoms with Crippen LogP contribution in [0.1, 0.15) is 26.3 Å². The predicted molar refractivity (Wildman–Crippen MR) is 58.3 cm³/mol. The summed E-state index contributed by atoms with van der Waals surface area (Å²) in [5.41, 5.74) is 1.04. The van der Waals surface area contributed by atoms with Crippen molar-refractivity contribution in [1.82, 2.24) is 10.6 Å². The number of carbonyl (C=O) groups is 1. The molecule has 15 heavy (non-hydrogen) atoms. The number of amides is 1. The van der Waals surface area contributed by atoms with Crippen molar-refractivity contribution in [1.29, 1.82) is 0 Å². The molecule has 1 aromatic rings. The molecule has 1 amide bonds. The van der Waals surface area contributed by atoms with Gasteiger partial charge in [0.15, 0.2) is 0 Å². The second kappa shape index (κ2) is 5.56. The minimum absolute atomic E-state index is 0.0218. The Labute approximate surface area is 90.0 Å². The smallest absolute Gasteiger partial charge is 0.237 e. The Kier molecular flexibility index (Phi) is 4.37. The van der Waals surface area contributed by atoms with Crippen LogP contribution in [0.2, 0.25) is 0 Å². The summed E-state index contributed by atoms with van der Waals surface area (Å²) < 4.78 is 4.93. The Morgan fingerprint density at radius 2 is 2.20 bits per heavy atom. The van der Waals surface area contributed by atoms with Gasteiger partial charge in [-0.25, -0.2) is 0 Å². The van der Waals surface area contributed by atoms with Crippen LogP contribution >= 0.6 is 0 Å². The van der Waals surface area contributed by atoms with Gasteiger partial charge in [-0.05, 0) is 26.8 Å². The van der Waals surface area contributed by atoms with Gasteiger partial charge in [0.05, 0.1) is 18.6 Å². The number of hydrogen-bond acceptors (Lipinski definition) is 3. The van der Waals surface area contributed by atoms with Gasteiger partial charge in [0.1, 0.15) is 0 Å². The van der Waals surface area contributed by atoms with E-state index in [2.05, 4.69) is 10.6 Å². The normalized spacial score (nSPS) is 12.8. The standard InChI is InChI=1S/C11H18N2O2/c1-8(2)13-11(14)9(3)12-6-10-4-5-15-7-10/h4-5,7-9,12H,6H2,1-3H3,(H,13,14). The van der Waals surface area contributed by atoms with Crippen LogP contribution in [-0.2, 0) is 11.3 Å². The molecule has 4 nitrogen and oxygen atoms in total. The van der Waals surface area contributed by atoms with E-state index in [0.717, 1.165) is 5.56 Å². The molecule has 0 saturated heterocycles. The van der Waals surface area contributed by atoms with E-state index in [-0.39, 0.29) is 18.0 Å². The fourth-order valence-corrected chi connectivity index (χ4v) is 1.17. The van der Waals surface area contributed by atoms with E-state index in [1.54, 1.807) is 12.5 Å². The average molecular weight is 210 g/mol. The first-order valence-electron chi connectivity index (χ1n) is 5.14. The highest BCUT2D eigenvalue weighted by Gasteiger charge is 2.12. The first-order chi connectivity index (χ1) is 7.09. The highest BCUT2D eigenvalue weighted by Crippen LogP contribution is 1.99. The monoisotopic (exact) mass is 210 g/mol. The number of furan rings is 1. The van der Waals surface area contributed by atoms with Crippen molar-refractivity contribution in [3.63, 3.8) is 0 Å². The predicted octanol–water partition coefficient (Wildman–Crippen LogP) is 1.28. The fraction of sp³-hybridized carbons (Fsp3) is 0.545. The van der Waals surface area contributed by atoms with Gasteiger partial charge in [-0.2, -0.15) is 0 Å². The summed E-state index contributed by atoms with van der Waals surface area (Å²) >= 11 is 0. The van der Waals surface area contributed by atoms with E-state index in [4.69, 9.17) is 4.42 Å². The molecule has 0 aliphatic rings. The molecular formula is C11H18N2O2. The SMILES string of the molecule is CC(C)NC(=O)C(C)NCc1ccoc1. The Balaban J connectivity index is 2.29. The third-order valence-corrected chi connectivity index (χ3v) is 2.02. The quantitative estimate of drug-likeness (QED) is 0.769. The van der Waals surface area contributed by atoms with Crippen LogP contribution in [0.15, 0.2) is 23.0 Å². The van der Waals surface area contributed by atoms with Gasteiger partial charge in [-0.1, -0.05) is 0 Å². The minimum atomic E-state index is -0.192. The van der Waals surface area contributed by atoms with E-state index >= 15 is 0 Å². The van der Waals surface area contributed by atoms with Crippen molar-refractivity contribution >= 4 is 5.91 Å². The van der Waals surface area contributed by atoms with Gasteiger partial charge in [0, 0.05) is 18.2 Å². The summed E-state index contributed by atoms with van der Waals surface area (Å²) in [5, 5.41) is 5.97. The van der Waals surface area contributed by atoms with Crippen LogP contribution in [0.25, 0.3) is 0 Å². The molecule has 0 saturated carbocycles. The van der Waals surface area contributed by atoms with Gasteiger partial charge >= 0.3 is 0 Å². The summed E-state index contributed by atoms with van der Waals surface area (Å²) in [7, 11) is 0. The van der Waals surface area contributed by atoms with E-state index in [1.165, 1.54) is 0 Å². The molecular weight excluding hydrogens is 192 g/mol. The third kappa shape index (κ3) is 4.16. The summed E-state index contributed by atoms with van der Waals surface area (Å²) in [6, 6.07) is 1.86. The molecule has 1 atom stereocenters. The molecule has 1 rings (SSSR count). The minimum Gasteiger partial charge on any atom is -0.472 e. The number of rotatable bonds is 5. The highest BCUT2D eigenvalue weighted by atomic mass is 16.3. The summed E-state index contributed by atoms with van der Waals surface area (Å²) in [5.74, 6) is 0.0218. The van der Waals surface area contributed by atoms with Crippen LogP contribution in [0.3, 0.4) is 0 Å². The Bertz CT molecular complexity index is 294. The van der Waals surface area contributed by atoms with Crippen molar-refractivity contribution in [2.45, 2.75) is 39.4 Å². The summed E-state index contributed by atoms with van der Waals surface area (Å²) in [6.07, 6.45) is 3.29. The maximum absolute atomic E-state index is 11.5. The summed E-state index contributed by atoms with van der Waals surface area (Å²) in [6.45, 7) is 6.38. The lowest BCUT2D eigenvalue weighted by molar-refractivity contribution is -0.123. The second-order valence-electron chi connectivity index (χ2n) is 3.90. The van der Waals surface area contributed by atoms with Crippen LogP contribution in [0.4, 0.5) is 0 Å². The van der Waals surface area contributed by atoms with Crippen LogP contribution in [0.5, 0.6) is 0 Å². The Hall–Kier alpha value is -1.29. The fourth-order valence-electron chi connectivity index (χ4n) is 1.17.